The number of hydrogen-bond acceptors (Lipinski definition) is 3. The Morgan fingerprint density at radius 3 is 2.38 bits per heavy atom. The predicted molar refractivity (Wildman–Crippen MR) is 107 cm³/mol. The monoisotopic (exact) mass is 390 g/mol. The Balaban J connectivity index is 1.57. The molecule has 1 fully saturated rings. The molecule has 0 N–H and O–H groups in total. The maximum atomic E-state index is 12.4. The smallest absolute Gasteiger partial charge is 0.246 e. The maximum Gasteiger partial charge on any atom is 0.246 e. The molecule has 26 heavy (non-hydrogen) atoms. The highest BCUT2D eigenvalue weighted by Gasteiger charge is 2.19. The summed E-state index contributed by atoms with van der Waals surface area (Å²) in [6.45, 7) is 2.95. The summed E-state index contributed by atoms with van der Waals surface area (Å²) >= 11 is 12.1. The lowest BCUT2D eigenvalue weighted by Gasteiger charge is -2.35. The maximum absolute atomic E-state index is 12.4. The minimum absolute atomic E-state index is 0.0181. The summed E-state index contributed by atoms with van der Waals surface area (Å²) in [6.07, 6.45) is 3.27. The van der Waals surface area contributed by atoms with E-state index in [1.807, 2.05) is 41.3 Å². The predicted octanol–water partition coefficient (Wildman–Crippen LogP) is 4.36. The quantitative estimate of drug-likeness (QED) is 0.726. The van der Waals surface area contributed by atoms with Gasteiger partial charge in [-0.1, -0.05) is 35.3 Å². The van der Waals surface area contributed by atoms with E-state index in [-0.39, 0.29) is 5.91 Å². The number of nitrogens with zero attached hydrogens (tertiary/aromatic N) is 2. The van der Waals surface area contributed by atoms with Crippen LogP contribution < -0.4 is 9.64 Å². The van der Waals surface area contributed by atoms with E-state index in [9.17, 15) is 4.79 Å². The van der Waals surface area contributed by atoms with E-state index in [1.54, 1.807) is 25.3 Å². The van der Waals surface area contributed by atoms with Gasteiger partial charge in [0.05, 0.1) is 17.2 Å². The second kappa shape index (κ2) is 8.47. The molecule has 0 spiro atoms. The highest BCUT2D eigenvalue weighted by molar-refractivity contribution is 6.42. The molecular weight excluding hydrogens is 371 g/mol. The van der Waals surface area contributed by atoms with Crippen LogP contribution in [0.3, 0.4) is 0 Å². The van der Waals surface area contributed by atoms with Crippen LogP contribution >= 0.6 is 23.2 Å². The van der Waals surface area contributed by atoms with Gasteiger partial charge in [-0.05, 0) is 42.0 Å². The van der Waals surface area contributed by atoms with Gasteiger partial charge in [-0.25, -0.2) is 0 Å². The number of anilines is 1. The Hall–Kier alpha value is -2.17. The van der Waals surface area contributed by atoms with E-state index in [0.717, 1.165) is 30.1 Å². The van der Waals surface area contributed by atoms with Crippen LogP contribution in [-0.2, 0) is 4.79 Å². The molecule has 0 aromatic heterocycles. The van der Waals surface area contributed by atoms with Gasteiger partial charge in [-0.2, -0.15) is 0 Å². The summed E-state index contributed by atoms with van der Waals surface area (Å²) in [5.74, 6) is 0.822. The summed E-state index contributed by atoms with van der Waals surface area (Å²) in [6, 6.07) is 13.3. The minimum Gasteiger partial charge on any atom is -0.497 e. The number of carbonyl (C=O) groups excluding carboxylic acids is 1. The Kier molecular flexibility index (Phi) is 6.07. The lowest BCUT2D eigenvalue weighted by atomic mass is 10.2. The second-order valence-corrected chi connectivity index (χ2v) is 6.77. The third-order valence-electron chi connectivity index (χ3n) is 4.42. The molecule has 1 heterocycles. The van der Waals surface area contributed by atoms with E-state index in [4.69, 9.17) is 27.9 Å². The highest BCUT2D eigenvalue weighted by atomic mass is 35.5. The molecule has 0 atom stereocenters. The van der Waals surface area contributed by atoms with Crippen LogP contribution in [0.25, 0.3) is 6.08 Å². The molecule has 0 bridgehead atoms. The van der Waals surface area contributed by atoms with Gasteiger partial charge in [0.15, 0.2) is 0 Å². The Bertz CT molecular complexity index is 798. The number of carbonyl (C=O) groups is 1. The molecular formula is C20H20Cl2N2O2. The van der Waals surface area contributed by atoms with Gasteiger partial charge in [-0.15, -0.1) is 0 Å². The van der Waals surface area contributed by atoms with Crippen LogP contribution in [0, 0.1) is 0 Å². The molecule has 1 aliphatic rings. The van der Waals surface area contributed by atoms with Crippen LogP contribution in [0.4, 0.5) is 5.69 Å². The lowest BCUT2D eigenvalue weighted by Crippen LogP contribution is -2.48. The molecule has 0 radical (unpaired) electrons. The van der Waals surface area contributed by atoms with E-state index < -0.39 is 0 Å². The summed E-state index contributed by atoms with van der Waals surface area (Å²) in [5, 5.41) is 0.942. The normalized spacial score (nSPS) is 14.7. The van der Waals surface area contributed by atoms with Crippen molar-refractivity contribution in [2.75, 3.05) is 38.2 Å². The second-order valence-electron chi connectivity index (χ2n) is 5.99. The molecule has 4 nitrogen and oxygen atoms in total. The van der Waals surface area contributed by atoms with Gasteiger partial charge in [0, 0.05) is 37.9 Å². The third kappa shape index (κ3) is 4.32. The molecule has 0 unspecified atom stereocenters. The zero-order chi connectivity index (χ0) is 18.5. The summed E-state index contributed by atoms with van der Waals surface area (Å²) in [4.78, 5) is 16.5. The fourth-order valence-electron chi connectivity index (χ4n) is 2.89. The topological polar surface area (TPSA) is 32.8 Å². The minimum atomic E-state index is -0.0181. The molecule has 1 saturated heterocycles. The van der Waals surface area contributed by atoms with Gasteiger partial charge in [-0.3, -0.25) is 4.79 Å². The number of rotatable bonds is 4. The fourth-order valence-corrected chi connectivity index (χ4v) is 3.26. The largest absolute Gasteiger partial charge is 0.497 e. The van der Waals surface area contributed by atoms with E-state index in [2.05, 4.69) is 4.90 Å². The van der Waals surface area contributed by atoms with Crippen molar-refractivity contribution >= 4 is 40.9 Å². The summed E-state index contributed by atoms with van der Waals surface area (Å²) < 4.78 is 5.19. The molecule has 2 aromatic rings. The zero-order valence-electron chi connectivity index (χ0n) is 14.5. The number of piperazine rings is 1. The zero-order valence-corrected chi connectivity index (χ0v) is 16.0. The van der Waals surface area contributed by atoms with Crippen LogP contribution in [-0.4, -0.2) is 44.1 Å². The van der Waals surface area contributed by atoms with Gasteiger partial charge < -0.3 is 14.5 Å². The van der Waals surface area contributed by atoms with Crippen LogP contribution in [0.1, 0.15) is 5.56 Å². The number of ether oxygens (including phenoxy) is 1. The molecule has 1 aliphatic heterocycles. The van der Waals surface area contributed by atoms with Crippen LogP contribution in [0.2, 0.25) is 10.0 Å². The van der Waals surface area contributed by atoms with Gasteiger partial charge in [0.25, 0.3) is 0 Å². The van der Waals surface area contributed by atoms with E-state index in [1.165, 1.54) is 0 Å². The van der Waals surface area contributed by atoms with Gasteiger partial charge in [0.2, 0.25) is 5.91 Å². The van der Waals surface area contributed by atoms with Crippen molar-refractivity contribution < 1.29 is 9.53 Å². The first-order chi connectivity index (χ1) is 12.6. The highest BCUT2D eigenvalue weighted by Crippen LogP contribution is 2.26. The van der Waals surface area contributed by atoms with Gasteiger partial charge in [0.1, 0.15) is 5.75 Å². The van der Waals surface area contributed by atoms with Crippen molar-refractivity contribution in [1.29, 1.82) is 0 Å². The van der Waals surface area contributed by atoms with E-state index >= 15 is 0 Å². The van der Waals surface area contributed by atoms with Crippen molar-refractivity contribution in [2.45, 2.75) is 0 Å². The average molecular weight is 391 g/mol. The number of benzene rings is 2. The average Bonchev–Trinajstić information content (AvgIpc) is 2.69. The van der Waals surface area contributed by atoms with Crippen molar-refractivity contribution in [2.24, 2.45) is 0 Å². The number of hydrogen-bond donors (Lipinski definition) is 0. The summed E-state index contributed by atoms with van der Waals surface area (Å²) in [5.41, 5.74) is 1.88. The molecule has 0 aliphatic carbocycles. The van der Waals surface area contributed by atoms with Crippen LogP contribution in [0.15, 0.2) is 48.5 Å². The van der Waals surface area contributed by atoms with E-state index in [0.29, 0.717) is 23.1 Å². The third-order valence-corrected chi connectivity index (χ3v) is 5.25. The molecule has 2 aromatic carbocycles. The number of methoxy groups -OCH3 is 1. The Morgan fingerprint density at radius 2 is 1.73 bits per heavy atom. The number of amides is 1. The molecule has 6 heteroatoms. The van der Waals surface area contributed by atoms with Gasteiger partial charge >= 0.3 is 0 Å². The first-order valence-electron chi connectivity index (χ1n) is 8.38. The first kappa shape index (κ1) is 18.6. The molecule has 1 amide bonds. The van der Waals surface area contributed by atoms with Crippen molar-refractivity contribution in [3.05, 3.63) is 64.1 Å². The Labute approximate surface area is 163 Å². The number of halogens is 2. The fraction of sp³-hybridized carbons (Fsp3) is 0.250. The lowest BCUT2D eigenvalue weighted by molar-refractivity contribution is -0.126. The standard InChI is InChI=1S/C20H20Cl2N2O2/c1-26-17-8-6-16(7-9-17)23-11-13-24(14-12-23)19(25)10-5-15-3-2-4-18(21)20(15)22/h2-10H,11-14H2,1H3/b10-5+. The summed E-state index contributed by atoms with van der Waals surface area (Å²) in [7, 11) is 1.66. The molecule has 3 rings (SSSR count). The van der Waals surface area contributed by atoms with Crippen LogP contribution in [0.5, 0.6) is 5.75 Å². The first-order valence-corrected chi connectivity index (χ1v) is 9.14. The van der Waals surface area contributed by atoms with Crippen molar-refractivity contribution in [3.8, 4) is 5.75 Å². The van der Waals surface area contributed by atoms with Crippen molar-refractivity contribution in [1.82, 2.24) is 4.90 Å². The molecule has 136 valence electrons. The van der Waals surface area contributed by atoms with Crippen molar-refractivity contribution in [3.63, 3.8) is 0 Å². The molecule has 0 saturated carbocycles. The SMILES string of the molecule is COc1ccc(N2CCN(C(=O)/C=C/c3cccc(Cl)c3Cl)CC2)cc1. The Morgan fingerprint density at radius 1 is 1.04 bits per heavy atom.